The van der Waals surface area contributed by atoms with Crippen molar-refractivity contribution in [3.05, 3.63) is 65.7 Å². The topological polar surface area (TPSA) is 89.5 Å². The second-order valence-corrected chi connectivity index (χ2v) is 8.85. The molecule has 27 heavy (non-hydrogen) atoms. The summed E-state index contributed by atoms with van der Waals surface area (Å²) in [6.07, 6.45) is 0. The van der Waals surface area contributed by atoms with Crippen molar-refractivity contribution in [1.82, 2.24) is 4.72 Å². The molecule has 6 nitrogen and oxygen atoms in total. The van der Waals surface area contributed by atoms with Gasteiger partial charge in [-0.15, -0.1) is 0 Å². The first-order valence-electron chi connectivity index (χ1n) is 8.25. The summed E-state index contributed by atoms with van der Waals surface area (Å²) in [4.78, 5) is 25.1. The van der Waals surface area contributed by atoms with E-state index >= 15 is 0 Å². The lowest BCUT2D eigenvalue weighted by atomic mass is 10.0. The van der Waals surface area contributed by atoms with Gasteiger partial charge in [-0.05, 0) is 26.0 Å². The third kappa shape index (κ3) is 5.60. The Morgan fingerprint density at radius 3 is 2.22 bits per heavy atom. The molecule has 0 saturated carbocycles. The Kier molecular flexibility index (Phi) is 7.51. The fraction of sp³-hybridized carbons (Fsp3) is 0.263. The molecule has 0 unspecified atom stereocenters. The minimum atomic E-state index is -4.01. The van der Waals surface area contributed by atoms with Crippen molar-refractivity contribution >= 4 is 44.4 Å². The number of hydrogen-bond acceptors (Lipinski definition) is 5. The quantitative estimate of drug-likeness (QED) is 0.260. The van der Waals surface area contributed by atoms with Crippen molar-refractivity contribution in [3.8, 4) is 0 Å². The van der Waals surface area contributed by atoms with Gasteiger partial charge < -0.3 is 4.74 Å². The van der Waals surface area contributed by atoms with E-state index in [0.29, 0.717) is 5.56 Å². The zero-order valence-corrected chi connectivity index (χ0v) is 17.9. The highest BCUT2D eigenvalue weighted by molar-refractivity contribution is 14.1. The molecule has 0 saturated heterocycles. The summed E-state index contributed by atoms with van der Waals surface area (Å²) < 4.78 is 31.7. The van der Waals surface area contributed by atoms with Gasteiger partial charge in [0.15, 0.2) is 5.78 Å². The second kappa shape index (κ2) is 9.43. The number of carbonyl (C=O) groups excluding carboxylic acids is 2. The molecule has 0 spiro atoms. The van der Waals surface area contributed by atoms with Crippen molar-refractivity contribution < 1.29 is 22.7 Å². The number of ketones is 1. The number of Topliss-reactive ketones (excluding diaryl/α,β-unsaturated/α-hetero) is 1. The van der Waals surface area contributed by atoms with Gasteiger partial charge >= 0.3 is 5.97 Å². The molecule has 2 aromatic rings. The van der Waals surface area contributed by atoms with E-state index in [0.717, 1.165) is 5.56 Å². The van der Waals surface area contributed by atoms with Crippen LogP contribution < -0.4 is 4.72 Å². The smallest absolute Gasteiger partial charge is 0.325 e. The molecule has 0 aliphatic heterocycles. The van der Waals surface area contributed by atoms with Crippen LogP contribution in [0.4, 0.5) is 0 Å². The van der Waals surface area contributed by atoms with Gasteiger partial charge in [-0.25, -0.2) is 8.42 Å². The molecular formula is C19H20INO5S. The van der Waals surface area contributed by atoms with Crippen LogP contribution >= 0.6 is 22.6 Å². The molecule has 2 rings (SSSR count). The van der Waals surface area contributed by atoms with E-state index in [-0.39, 0.29) is 17.3 Å². The summed E-state index contributed by atoms with van der Waals surface area (Å²) >= 11 is 1.78. The highest BCUT2D eigenvalue weighted by Crippen LogP contribution is 2.19. The summed E-state index contributed by atoms with van der Waals surface area (Å²) in [7, 11) is -4.01. The number of aryl methyl sites for hydroxylation is 1. The Morgan fingerprint density at radius 2 is 1.67 bits per heavy atom. The van der Waals surface area contributed by atoms with Gasteiger partial charge in [0.2, 0.25) is 10.0 Å². The molecule has 0 radical (unpaired) electrons. The van der Waals surface area contributed by atoms with Crippen LogP contribution in [-0.4, -0.2) is 36.7 Å². The number of sulfonamides is 1. The maximum atomic E-state index is 12.7. The average Bonchev–Trinajstić information content (AvgIpc) is 2.66. The minimum Gasteiger partial charge on any atom is -0.465 e. The van der Waals surface area contributed by atoms with E-state index in [2.05, 4.69) is 4.72 Å². The molecule has 0 aliphatic carbocycles. The molecule has 8 heteroatoms. The van der Waals surface area contributed by atoms with E-state index < -0.39 is 26.0 Å². The van der Waals surface area contributed by atoms with Crippen molar-refractivity contribution in [2.45, 2.75) is 28.7 Å². The monoisotopic (exact) mass is 501 g/mol. The Balaban J connectivity index is 2.32. The van der Waals surface area contributed by atoms with Crippen molar-refractivity contribution in [2.24, 2.45) is 0 Å². The summed E-state index contributed by atoms with van der Waals surface area (Å²) in [5.74, 6) is -1.15. The lowest BCUT2D eigenvalue weighted by molar-refractivity contribution is -0.144. The van der Waals surface area contributed by atoms with Crippen LogP contribution in [0.1, 0.15) is 22.8 Å². The van der Waals surface area contributed by atoms with Crippen LogP contribution in [-0.2, 0) is 19.6 Å². The summed E-state index contributed by atoms with van der Waals surface area (Å²) in [5, 5.41) is 0. The lowest BCUT2D eigenvalue weighted by Crippen LogP contribution is -2.50. The number of esters is 1. The Bertz CT molecular complexity index is 897. The van der Waals surface area contributed by atoms with Crippen molar-refractivity contribution in [3.63, 3.8) is 0 Å². The van der Waals surface area contributed by atoms with Crippen LogP contribution in [0.5, 0.6) is 0 Å². The van der Waals surface area contributed by atoms with E-state index in [1.54, 1.807) is 72.0 Å². The van der Waals surface area contributed by atoms with Gasteiger partial charge in [0.1, 0.15) is 9.97 Å². The molecule has 0 aliphatic rings. The number of ether oxygens (including phenoxy) is 1. The highest BCUT2D eigenvalue weighted by Gasteiger charge is 2.37. The predicted molar refractivity (Wildman–Crippen MR) is 111 cm³/mol. The first-order chi connectivity index (χ1) is 12.8. The molecule has 144 valence electrons. The fourth-order valence-electron chi connectivity index (χ4n) is 2.32. The van der Waals surface area contributed by atoms with Crippen molar-refractivity contribution in [2.75, 3.05) is 6.61 Å². The number of rotatable bonds is 8. The van der Waals surface area contributed by atoms with E-state index in [9.17, 15) is 18.0 Å². The summed E-state index contributed by atoms with van der Waals surface area (Å²) in [5.41, 5.74) is 1.29. The SMILES string of the molecule is CCOC(=O)[C@@H](NS(=O)(=O)c1ccc(C)cc1)[C@@H](I)C(=O)c1ccccc1. The first kappa shape index (κ1) is 21.5. The second-order valence-electron chi connectivity index (χ2n) is 5.80. The van der Waals surface area contributed by atoms with Crippen LogP contribution in [0.3, 0.4) is 0 Å². The molecule has 1 N–H and O–H groups in total. The van der Waals surface area contributed by atoms with Crippen LogP contribution in [0.2, 0.25) is 0 Å². The Labute approximate surface area is 172 Å². The van der Waals surface area contributed by atoms with Crippen molar-refractivity contribution in [1.29, 1.82) is 0 Å². The largest absolute Gasteiger partial charge is 0.465 e. The summed E-state index contributed by atoms with van der Waals surface area (Å²) in [6, 6.07) is 13.3. The molecule has 0 heterocycles. The fourth-order valence-corrected chi connectivity index (χ4v) is 4.60. The van der Waals surface area contributed by atoms with Gasteiger partial charge in [-0.2, -0.15) is 4.72 Å². The third-order valence-electron chi connectivity index (χ3n) is 3.76. The summed E-state index contributed by atoms with van der Waals surface area (Å²) in [6.45, 7) is 3.53. The number of alkyl halides is 1. The third-order valence-corrected chi connectivity index (χ3v) is 6.50. The van der Waals surface area contributed by atoms with Crippen LogP contribution in [0.25, 0.3) is 0 Å². The average molecular weight is 501 g/mol. The number of nitrogens with one attached hydrogen (secondary N) is 1. The minimum absolute atomic E-state index is 0.0122. The standard InChI is InChI=1S/C19H20INO5S/c1-3-26-19(23)17(16(20)18(22)14-7-5-4-6-8-14)21-27(24,25)15-11-9-13(2)10-12-15/h4-12,16-17,21H,3H2,1-2H3/t16-,17+/m1/s1. The molecule has 0 bridgehead atoms. The molecule has 0 fully saturated rings. The van der Waals surface area contributed by atoms with Crippen LogP contribution in [0, 0.1) is 6.92 Å². The van der Waals surface area contributed by atoms with E-state index in [1.807, 2.05) is 6.92 Å². The number of hydrogen-bond donors (Lipinski definition) is 1. The zero-order chi connectivity index (χ0) is 20.0. The zero-order valence-electron chi connectivity index (χ0n) is 14.9. The number of carbonyl (C=O) groups is 2. The molecule has 0 aromatic heterocycles. The predicted octanol–water partition coefficient (Wildman–Crippen LogP) is 2.89. The van der Waals surface area contributed by atoms with Gasteiger partial charge in [0, 0.05) is 5.56 Å². The van der Waals surface area contributed by atoms with Gasteiger partial charge in [0.25, 0.3) is 0 Å². The normalized spacial score (nSPS) is 13.6. The molecule has 2 aromatic carbocycles. The number of halogens is 1. The Hall–Kier alpha value is -1.78. The molecule has 2 atom stereocenters. The highest BCUT2D eigenvalue weighted by atomic mass is 127. The van der Waals surface area contributed by atoms with Gasteiger partial charge in [-0.3, -0.25) is 9.59 Å². The van der Waals surface area contributed by atoms with E-state index in [1.165, 1.54) is 12.1 Å². The van der Waals surface area contributed by atoms with Gasteiger partial charge in [-0.1, -0.05) is 70.6 Å². The van der Waals surface area contributed by atoms with Gasteiger partial charge in [0.05, 0.1) is 11.5 Å². The van der Waals surface area contributed by atoms with E-state index in [4.69, 9.17) is 4.74 Å². The van der Waals surface area contributed by atoms with Crippen LogP contribution in [0.15, 0.2) is 59.5 Å². The Morgan fingerprint density at radius 1 is 1.07 bits per heavy atom. The lowest BCUT2D eigenvalue weighted by Gasteiger charge is -2.21. The number of benzene rings is 2. The molecule has 0 amide bonds. The first-order valence-corrected chi connectivity index (χ1v) is 11.0. The maximum absolute atomic E-state index is 12.7. The maximum Gasteiger partial charge on any atom is 0.325 e. The molecular weight excluding hydrogens is 481 g/mol.